The second-order valence-electron chi connectivity index (χ2n) is 16.4. The number of amides is 5. The first-order chi connectivity index (χ1) is 33.1. The van der Waals surface area contributed by atoms with E-state index in [2.05, 4.69) is 51.5 Å². The SMILES string of the molecule is NC(=O)[C@H](CCCN=C(N)N)NC(=O)[C@H](Cc1cc2ccccc2[nH]1)NC(=O)[C@H](CCCN=C(N)N)NC(=O)[C@H](Cc1cc2ccccc2[nH]1)NC(=O)[C@H](CCCN=C(N)N)NC([O-])=C1C=CC=C1. The highest BCUT2D eigenvalue weighted by atomic mass is 16.3. The molecule has 0 unspecified atom stereocenters. The molecule has 5 rings (SSSR count). The molecule has 0 saturated carbocycles. The molecule has 0 radical (unpaired) electrons. The summed E-state index contributed by atoms with van der Waals surface area (Å²) in [6, 6.07) is 12.3. The molecule has 2 heterocycles. The lowest BCUT2D eigenvalue weighted by atomic mass is 10.0. The monoisotopic (exact) mass is 949 g/mol. The number of rotatable bonds is 27. The van der Waals surface area contributed by atoms with Crippen LogP contribution in [0.5, 0.6) is 0 Å². The maximum Gasteiger partial charge on any atom is 0.243 e. The van der Waals surface area contributed by atoms with Crippen molar-refractivity contribution < 1.29 is 29.1 Å². The van der Waals surface area contributed by atoms with Gasteiger partial charge in [0.15, 0.2) is 17.9 Å². The molecular formula is C46H62N17O6-. The number of benzene rings is 2. The molecule has 4 aromatic rings. The van der Waals surface area contributed by atoms with Crippen molar-refractivity contribution in [2.45, 2.75) is 81.6 Å². The molecule has 21 N–H and O–H groups in total. The average Bonchev–Trinajstić information content (AvgIpc) is 4.09. The summed E-state index contributed by atoms with van der Waals surface area (Å²) in [4.78, 5) is 88.6. The predicted molar refractivity (Wildman–Crippen MR) is 263 cm³/mol. The first-order valence-corrected chi connectivity index (χ1v) is 22.4. The van der Waals surface area contributed by atoms with Gasteiger partial charge in [0.2, 0.25) is 29.5 Å². The Morgan fingerprint density at radius 1 is 0.507 bits per heavy atom. The highest BCUT2D eigenvalue weighted by Crippen LogP contribution is 2.19. The zero-order valence-electron chi connectivity index (χ0n) is 38.1. The number of para-hydroxylation sites is 2. The summed E-state index contributed by atoms with van der Waals surface area (Å²) in [6.45, 7) is 0.417. The number of nitrogens with one attached hydrogen (secondary N) is 7. The number of allylic oxidation sites excluding steroid dienone is 5. The van der Waals surface area contributed by atoms with Gasteiger partial charge in [0.25, 0.3) is 0 Å². The van der Waals surface area contributed by atoms with E-state index in [0.717, 1.165) is 21.8 Å². The van der Waals surface area contributed by atoms with Crippen LogP contribution < -0.4 is 71.8 Å². The number of H-pyrrole nitrogens is 2. The number of nitrogens with two attached hydrogens (primary N) is 7. The number of fused-ring (bicyclic) bond motifs is 2. The molecule has 368 valence electrons. The molecular weight excluding hydrogens is 887 g/mol. The van der Waals surface area contributed by atoms with Crippen molar-refractivity contribution in [3.63, 3.8) is 0 Å². The van der Waals surface area contributed by atoms with Gasteiger partial charge in [-0.3, -0.25) is 38.9 Å². The van der Waals surface area contributed by atoms with Crippen LogP contribution in [0.4, 0.5) is 0 Å². The van der Waals surface area contributed by atoms with Gasteiger partial charge in [-0.1, -0.05) is 60.7 Å². The minimum atomic E-state index is -1.33. The largest absolute Gasteiger partial charge is 0.860 e. The number of aromatic nitrogens is 2. The third kappa shape index (κ3) is 16.4. The van der Waals surface area contributed by atoms with Gasteiger partial charge in [-0.2, -0.15) is 0 Å². The van der Waals surface area contributed by atoms with E-state index >= 15 is 0 Å². The number of carbonyl (C=O) groups excluding carboxylic acids is 5. The number of hydrogen-bond donors (Lipinski definition) is 14. The van der Waals surface area contributed by atoms with Crippen molar-refractivity contribution in [3.8, 4) is 0 Å². The maximum absolute atomic E-state index is 14.6. The number of primary amides is 1. The van der Waals surface area contributed by atoms with E-state index < -0.39 is 65.6 Å². The molecule has 23 nitrogen and oxygen atoms in total. The average molecular weight is 949 g/mol. The van der Waals surface area contributed by atoms with Crippen LogP contribution in [0.1, 0.15) is 49.9 Å². The molecule has 5 atom stereocenters. The smallest absolute Gasteiger partial charge is 0.243 e. The molecule has 0 bridgehead atoms. The Labute approximate surface area is 398 Å². The summed E-state index contributed by atoms with van der Waals surface area (Å²) in [5, 5.41) is 28.7. The van der Waals surface area contributed by atoms with Gasteiger partial charge in [-0.25, -0.2) is 0 Å². The molecule has 5 amide bonds. The Hall–Kier alpha value is -8.50. The second-order valence-corrected chi connectivity index (χ2v) is 16.4. The van der Waals surface area contributed by atoms with Crippen LogP contribution in [0.2, 0.25) is 0 Å². The Bertz CT molecular complexity index is 2540. The zero-order valence-corrected chi connectivity index (χ0v) is 38.1. The summed E-state index contributed by atoms with van der Waals surface area (Å²) in [7, 11) is 0. The zero-order chi connectivity index (χ0) is 49.9. The molecule has 0 saturated heterocycles. The highest BCUT2D eigenvalue weighted by molar-refractivity contribution is 5.96. The quantitative estimate of drug-likeness (QED) is 0.0129. The van der Waals surface area contributed by atoms with Crippen molar-refractivity contribution in [1.29, 1.82) is 0 Å². The first kappa shape index (κ1) is 51.5. The van der Waals surface area contributed by atoms with E-state index in [1.807, 2.05) is 60.7 Å². The number of carbonyl (C=O) groups is 5. The Kier molecular flexibility index (Phi) is 19.0. The normalized spacial score (nSPS) is 13.9. The molecule has 0 spiro atoms. The Morgan fingerprint density at radius 3 is 1.28 bits per heavy atom. The van der Waals surface area contributed by atoms with Crippen LogP contribution in [0, 0.1) is 0 Å². The lowest BCUT2D eigenvalue weighted by molar-refractivity contribution is -0.313. The summed E-state index contributed by atoms with van der Waals surface area (Å²) >= 11 is 0. The molecule has 23 heteroatoms. The third-order valence-corrected chi connectivity index (χ3v) is 11.0. The van der Waals surface area contributed by atoms with Crippen molar-refractivity contribution >= 4 is 69.2 Å². The van der Waals surface area contributed by atoms with Crippen LogP contribution in [0.25, 0.3) is 21.8 Å². The summed E-state index contributed by atoms with van der Waals surface area (Å²) < 4.78 is 0. The van der Waals surface area contributed by atoms with E-state index in [9.17, 15) is 29.1 Å². The Balaban J connectivity index is 1.45. The van der Waals surface area contributed by atoms with Crippen LogP contribution >= 0.6 is 0 Å². The third-order valence-electron chi connectivity index (χ3n) is 11.0. The van der Waals surface area contributed by atoms with E-state index in [1.54, 1.807) is 24.3 Å². The molecule has 1 aliphatic rings. The standard InChI is InChI=1S/C46H63N17O6/c47-38(64)33(16-7-19-54-44(48)49)59-42(68)36(24-29-22-27-12-3-5-14-31(27)57-29)62-41(67)35(18-9-21-56-46(52)53)61-43(69)37(25-30-23-28-13-4-6-15-32(28)58-30)63-40(66)34(17-8-20-55-45(50)51)60-39(65)26-10-1-2-11-26/h1-6,10-15,22-23,33-37,57-58,60,65H,7-9,16-21,24-25H2,(H2,47,64)(H,59,68)(H,61,69)(H,62,67)(H,63,66)(H4,48,49,54)(H4,50,51,55)(H4,52,53,56)/p-1/t33-,34-,35-,36-,37-/m0/s1. The minimum Gasteiger partial charge on any atom is -0.860 e. The van der Waals surface area contributed by atoms with Crippen molar-refractivity contribution in [3.05, 3.63) is 108 Å². The Morgan fingerprint density at radius 2 is 0.870 bits per heavy atom. The van der Waals surface area contributed by atoms with Gasteiger partial charge >= 0.3 is 0 Å². The fourth-order valence-electron chi connectivity index (χ4n) is 7.54. The fraction of sp³-hybridized carbons (Fsp3) is 0.348. The molecule has 2 aromatic carbocycles. The molecule has 69 heavy (non-hydrogen) atoms. The van der Waals surface area contributed by atoms with E-state index in [4.69, 9.17) is 40.1 Å². The topological polar surface area (TPSA) is 419 Å². The van der Waals surface area contributed by atoms with Crippen LogP contribution in [-0.2, 0) is 36.8 Å². The molecule has 1 aliphatic carbocycles. The molecule has 0 aliphatic heterocycles. The van der Waals surface area contributed by atoms with Crippen molar-refractivity contribution in [1.82, 2.24) is 36.6 Å². The van der Waals surface area contributed by atoms with Gasteiger partial charge in [-0.15, -0.1) is 0 Å². The predicted octanol–water partition coefficient (Wildman–Crippen LogP) is -2.32. The summed E-state index contributed by atoms with van der Waals surface area (Å²) in [6.07, 6.45) is 7.34. The number of guanidine groups is 3. The number of aromatic amines is 2. The van der Waals surface area contributed by atoms with Gasteiger partial charge in [0.05, 0.1) is 0 Å². The van der Waals surface area contributed by atoms with Crippen LogP contribution in [0.15, 0.2) is 111 Å². The van der Waals surface area contributed by atoms with Crippen molar-refractivity contribution in [2.24, 2.45) is 55.1 Å². The van der Waals surface area contributed by atoms with Crippen LogP contribution in [-0.4, -0.2) is 107 Å². The van der Waals surface area contributed by atoms with Gasteiger partial charge < -0.3 is 81.8 Å². The molecule has 0 fully saturated rings. The van der Waals surface area contributed by atoms with E-state index in [1.165, 1.54) is 0 Å². The number of nitrogens with zero attached hydrogens (tertiary/aromatic N) is 3. The number of hydrogen-bond acceptors (Lipinski definition) is 10. The van der Waals surface area contributed by atoms with Crippen LogP contribution in [0.3, 0.4) is 0 Å². The molecule has 2 aromatic heterocycles. The minimum absolute atomic E-state index is 0.0278. The fourth-order valence-corrected chi connectivity index (χ4v) is 7.54. The number of aliphatic imine (C=N–C) groups is 3. The van der Waals surface area contributed by atoms with Gasteiger partial charge in [0, 0.05) is 54.9 Å². The lowest BCUT2D eigenvalue weighted by Crippen LogP contribution is -2.59. The lowest BCUT2D eigenvalue weighted by Gasteiger charge is -2.28. The van der Waals surface area contributed by atoms with Gasteiger partial charge in [-0.05, 0) is 85.0 Å². The summed E-state index contributed by atoms with van der Waals surface area (Å²) in [5.41, 5.74) is 41.8. The maximum atomic E-state index is 14.6. The second kappa shape index (κ2) is 25.4. The van der Waals surface area contributed by atoms with Gasteiger partial charge in [0.1, 0.15) is 30.2 Å². The summed E-state index contributed by atoms with van der Waals surface area (Å²) in [5.74, 6) is -4.77. The van der Waals surface area contributed by atoms with Crippen molar-refractivity contribution in [2.75, 3.05) is 19.6 Å². The highest BCUT2D eigenvalue weighted by Gasteiger charge is 2.33. The van der Waals surface area contributed by atoms with E-state index in [-0.39, 0.29) is 76.0 Å². The first-order valence-electron chi connectivity index (χ1n) is 22.4. The van der Waals surface area contributed by atoms with E-state index in [0.29, 0.717) is 29.8 Å².